The Kier molecular flexibility index (Phi) is 4.81. The molecule has 0 bridgehead atoms. The van der Waals surface area contributed by atoms with Crippen LogP contribution in [-0.2, 0) is 11.2 Å². The summed E-state index contributed by atoms with van der Waals surface area (Å²) in [6.45, 7) is 0.288. The lowest BCUT2D eigenvalue weighted by atomic mass is 10.0. The maximum absolute atomic E-state index is 13.1. The van der Waals surface area contributed by atoms with Crippen LogP contribution in [0.15, 0.2) is 48.5 Å². The van der Waals surface area contributed by atoms with Crippen LogP contribution in [0.5, 0.6) is 5.75 Å². The third-order valence-corrected chi connectivity index (χ3v) is 4.39. The number of likely N-dealkylation sites (tertiary alicyclic amines) is 1. The fourth-order valence-corrected chi connectivity index (χ4v) is 3.20. The van der Waals surface area contributed by atoms with Gasteiger partial charge in [0.05, 0.1) is 25.7 Å². The summed E-state index contributed by atoms with van der Waals surface area (Å²) in [5.41, 5.74) is 1.64. The molecular weight excluding hydrogens is 309 g/mol. The van der Waals surface area contributed by atoms with E-state index in [-0.39, 0.29) is 30.7 Å². The zero-order chi connectivity index (χ0) is 17.1. The highest BCUT2D eigenvalue weighted by Gasteiger charge is 2.35. The molecule has 126 valence electrons. The van der Waals surface area contributed by atoms with Gasteiger partial charge >= 0.3 is 0 Å². The molecule has 1 amide bonds. The molecule has 1 N–H and O–H groups in total. The largest absolute Gasteiger partial charge is 0.496 e. The van der Waals surface area contributed by atoms with Crippen molar-refractivity contribution >= 4 is 5.91 Å². The van der Waals surface area contributed by atoms with Gasteiger partial charge < -0.3 is 14.7 Å². The molecule has 2 aromatic carbocycles. The first-order valence-electron chi connectivity index (χ1n) is 7.93. The molecule has 0 spiro atoms. The Hall–Kier alpha value is -2.40. The highest BCUT2D eigenvalue weighted by atomic mass is 19.1. The average Bonchev–Trinajstić information content (AvgIpc) is 2.98. The first kappa shape index (κ1) is 16.5. The van der Waals surface area contributed by atoms with E-state index in [4.69, 9.17) is 4.74 Å². The number of ether oxygens (including phenoxy) is 1. The monoisotopic (exact) mass is 329 g/mol. The molecule has 4 nitrogen and oxygen atoms in total. The highest BCUT2D eigenvalue weighted by Crippen LogP contribution is 2.33. The van der Waals surface area contributed by atoms with Gasteiger partial charge in [-0.3, -0.25) is 4.79 Å². The molecule has 0 radical (unpaired) electrons. The van der Waals surface area contributed by atoms with Crippen LogP contribution in [-0.4, -0.2) is 35.7 Å². The third kappa shape index (κ3) is 3.41. The van der Waals surface area contributed by atoms with Crippen LogP contribution in [0.4, 0.5) is 4.39 Å². The Balaban J connectivity index is 1.80. The molecule has 1 heterocycles. The van der Waals surface area contributed by atoms with Gasteiger partial charge in [-0.1, -0.05) is 30.3 Å². The molecule has 0 unspecified atom stereocenters. The topological polar surface area (TPSA) is 49.8 Å². The lowest BCUT2D eigenvalue weighted by Gasteiger charge is -2.25. The average molecular weight is 329 g/mol. The van der Waals surface area contributed by atoms with Gasteiger partial charge in [0.2, 0.25) is 5.91 Å². The molecule has 0 aliphatic carbocycles. The Bertz CT molecular complexity index is 717. The lowest BCUT2D eigenvalue weighted by Crippen LogP contribution is -2.33. The number of hydrogen-bond acceptors (Lipinski definition) is 3. The number of amides is 1. The molecule has 1 saturated heterocycles. The van der Waals surface area contributed by atoms with Crippen LogP contribution >= 0.6 is 0 Å². The summed E-state index contributed by atoms with van der Waals surface area (Å²) in [4.78, 5) is 14.4. The van der Waals surface area contributed by atoms with Crippen molar-refractivity contribution in [2.75, 3.05) is 13.7 Å². The number of hydrogen-bond donors (Lipinski definition) is 1. The normalized spacial score (nSPS) is 20.2. The van der Waals surface area contributed by atoms with Crippen molar-refractivity contribution in [3.63, 3.8) is 0 Å². The van der Waals surface area contributed by atoms with Crippen molar-refractivity contribution < 1.29 is 19.0 Å². The van der Waals surface area contributed by atoms with Crippen LogP contribution in [0.3, 0.4) is 0 Å². The zero-order valence-electron chi connectivity index (χ0n) is 13.5. The second kappa shape index (κ2) is 7.01. The first-order chi connectivity index (χ1) is 11.6. The van der Waals surface area contributed by atoms with E-state index in [0.717, 1.165) is 11.1 Å². The molecule has 0 saturated carbocycles. The van der Waals surface area contributed by atoms with Crippen molar-refractivity contribution in [2.24, 2.45) is 0 Å². The Morgan fingerprint density at radius 3 is 2.67 bits per heavy atom. The molecule has 3 rings (SSSR count). The number of rotatable bonds is 4. The summed E-state index contributed by atoms with van der Waals surface area (Å²) in [5, 5.41) is 10.0. The van der Waals surface area contributed by atoms with Gasteiger partial charge in [-0.05, 0) is 30.2 Å². The van der Waals surface area contributed by atoms with Crippen molar-refractivity contribution in [3.05, 3.63) is 65.5 Å². The van der Waals surface area contributed by atoms with E-state index in [0.29, 0.717) is 12.2 Å². The van der Waals surface area contributed by atoms with E-state index in [1.54, 1.807) is 24.1 Å². The molecule has 5 heteroatoms. The molecule has 1 aliphatic heterocycles. The molecule has 24 heavy (non-hydrogen) atoms. The number of β-amino-alcohol motifs (C(OH)–C–C–N with tert-alkyl or cyclic N) is 1. The quantitative estimate of drug-likeness (QED) is 0.938. The zero-order valence-corrected chi connectivity index (χ0v) is 13.5. The summed E-state index contributed by atoms with van der Waals surface area (Å²) in [5.74, 6) is 0.276. The van der Waals surface area contributed by atoms with E-state index < -0.39 is 6.10 Å². The van der Waals surface area contributed by atoms with Gasteiger partial charge in [0.25, 0.3) is 0 Å². The van der Waals surface area contributed by atoms with Crippen LogP contribution in [0.25, 0.3) is 0 Å². The Morgan fingerprint density at radius 2 is 1.96 bits per heavy atom. The van der Waals surface area contributed by atoms with Gasteiger partial charge in [0, 0.05) is 12.1 Å². The number of carbonyl (C=O) groups excluding carboxylic acids is 1. The molecule has 2 aromatic rings. The molecule has 1 aliphatic rings. The van der Waals surface area contributed by atoms with E-state index in [1.165, 1.54) is 12.1 Å². The predicted molar refractivity (Wildman–Crippen MR) is 88.2 cm³/mol. The van der Waals surface area contributed by atoms with Gasteiger partial charge in [-0.2, -0.15) is 0 Å². The minimum absolute atomic E-state index is 0.0784. The molecular formula is C19H20FNO3. The van der Waals surface area contributed by atoms with Crippen molar-refractivity contribution in [1.29, 1.82) is 0 Å². The first-order valence-corrected chi connectivity index (χ1v) is 7.93. The van der Waals surface area contributed by atoms with Gasteiger partial charge in [0.15, 0.2) is 0 Å². The number of aliphatic hydroxyl groups excluding tert-OH is 1. The van der Waals surface area contributed by atoms with E-state index in [2.05, 4.69) is 0 Å². The van der Waals surface area contributed by atoms with E-state index >= 15 is 0 Å². The number of nitrogens with zero attached hydrogens (tertiary/aromatic N) is 1. The Labute approximate surface area is 140 Å². The number of benzene rings is 2. The molecule has 2 atom stereocenters. The summed E-state index contributed by atoms with van der Waals surface area (Å²) >= 11 is 0. The van der Waals surface area contributed by atoms with Gasteiger partial charge in [-0.15, -0.1) is 0 Å². The number of methoxy groups -OCH3 is 1. The Morgan fingerprint density at radius 1 is 1.25 bits per heavy atom. The van der Waals surface area contributed by atoms with E-state index in [9.17, 15) is 14.3 Å². The van der Waals surface area contributed by atoms with Crippen LogP contribution in [0, 0.1) is 5.82 Å². The molecule has 0 aromatic heterocycles. The fraction of sp³-hybridized carbons (Fsp3) is 0.316. The van der Waals surface area contributed by atoms with Crippen molar-refractivity contribution in [2.45, 2.75) is 25.0 Å². The fourth-order valence-electron chi connectivity index (χ4n) is 3.20. The minimum atomic E-state index is -0.568. The number of para-hydroxylation sites is 1. The summed E-state index contributed by atoms with van der Waals surface area (Å²) in [6, 6.07) is 13.3. The highest BCUT2D eigenvalue weighted by molar-refractivity contribution is 5.80. The SMILES string of the molecule is COc1ccccc1CC(=O)N1C[C@H](O)C[C@@H]1c1ccc(F)cc1. The smallest absolute Gasteiger partial charge is 0.227 e. The number of halogens is 1. The second-order valence-corrected chi connectivity index (χ2v) is 5.99. The van der Waals surface area contributed by atoms with Gasteiger partial charge in [-0.25, -0.2) is 4.39 Å². The summed E-state index contributed by atoms with van der Waals surface area (Å²) < 4.78 is 18.4. The molecule has 1 fully saturated rings. The second-order valence-electron chi connectivity index (χ2n) is 5.99. The van der Waals surface area contributed by atoms with E-state index in [1.807, 2.05) is 24.3 Å². The predicted octanol–water partition coefficient (Wildman–Crippen LogP) is 2.71. The van der Waals surface area contributed by atoms with Crippen LogP contribution in [0.2, 0.25) is 0 Å². The number of carbonyl (C=O) groups is 1. The van der Waals surface area contributed by atoms with Gasteiger partial charge in [0.1, 0.15) is 11.6 Å². The summed E-state index contributed by atoms with van der Waals surface area (Å²) in [6.07, 6.45) is 0.0965. The standard InChI is InChI=1S/C19H20FNO3/c1-24-18-5-3-2-4-14(18)10-19(23)21-12-16(22)11-17(21)13-6-8-15(20)9-7-13/h2-9,16-17,22H,10-12H2,1H3/t16-,17-/m1/s1. The maximum Gasteiger partial charge on any atom is 0.227 e. The lowest BCUT2D eigenvalue weighted by molar-refractivity contribution is -0.131. The van der Waals surface area contributed by atoms with Crippen molar-refractivity contribution in [1.82, 2.24) is 4.90 Å². The van der Waals surface area contributed by atoms with Crippen LogP contribution < -0.4 is 4.74 Å². The van der Waals surface area contributed by atoms with Crippen molar-refractivity contribution in [3.8, 4) is 5.75 Å². The number of aliphatic hydroxyl groups is 1. The minimum Gasteiger partial charge on any atom is -0.496 e. The van der Waals surface area contributed by atoms with Crippen LogP contribution in [0.1, 0.15) is 23.6 Å². The maximum atomic E-state index is 13.1. The summed E-state index contributed by atoms with van der Waals surface area (Å²) in [7, 11) is 1.57. The third-order valence-electron chi connectivity index (χ3n) is 4.39.